The van der Waals surface area contributed by atoms with E-state index in [1.807, 2.05) is 18.4 Å². The number of benzene rings is 2. The fraction of sp³-hybridized carbons (Fsp3) is 0.176. The standard InChI is InChI=1S/C17H16ClNO3S/c1-22-17(21)13-7-8-14(18)15(9-13)19-16(20)12-5-3-11(4-6-12)10-23-2/h3-9H,10H2,1-2H3,(H,19,20). The quantitative estimate of drug-likeness (QED) is 0.820. The number of carbonyl (C=O) groups excluding carboxylic acids is 2. The monoisotopic (exact) mass is 349 g/mol. The molecule has 1 amide bonds. The zero-order valence-electron chi connectivity index (χ0n) is 12.8. The third kappa shape index (κ3) is 4.50. The smallest absolute Gasteiger partial charge is 0.337 e. The van der Waals surface area contributed by atoms with Gasteiger partial charge in [-0.25, -0.2) is 4.79 Å². The summed E-state index contributed by atoms with van der Waals surface area (Å²) in [5, 5.41) is 3.07. The number of nitrogens with one attached hydrogen (secondary N) is 1. The lowest BCUT2D eigenvalue weighted by Gasteiger charge is -2.09. The zero-order valence-corrected chi connectivity index (χ0v) is 14.3. The molecule has 0 unspecified atom stereocenters. The Morgan fingerprint density at radius 3 is 2.39 bits per heavy atom. The van der Waals surface area contributed by atoms with E-state index in [9.17, 15) is 9.59 Å². The van der Waals surface area contributed by atoms with E-state index in [0.29, 0.717) is 21.8 Å². The van der Waals surface area contributed by atoms with Crippen molar-refractivity contribution in [2.75, 3.05) is 18.7 Å². The summed E-state index contributed by atoms with van der Waals surface area (Å²) in [7, 11) is 1.30. The molecule has 0 radical (unpaired) electrons. The molecule has 0 aliphatic carbocycles. The van der Waals surface area contributed by atoms with Gasteiger partial charge in [-0.1, -0.05) is 23.7 Å². The minimum Gasteiger partial charge on any atom is -0.465 e. The highest BCUT2D eigenvalue weighted by Crippen LogP contribution is 2.24. The van der Waals surface area contributed by atoms with E-state index in [1.54, 1.807) is 36.0 Å². The minimum absolute atomic E-state index is 0.287. The van der Waals surface area contributed by atoms with Crippen LogP contribution >= 0.6 is 23.4 Å². The second kappa shape index (κ2) is 8.04. The van der Waals surface area contributed by atoms with Crippen LogP contribution in [0.5, 0.6) is 0 Å². The summed E-state index contributed by atoms with van der Waals surface area (Å²) in [6.07, 6.45) is 2.02. The molecule has 0 saturated heterocycles. The average Bonchev–Trinajstić information content (AvgIpc) is 2.57. The lowest BCUT2D eigenvalue weighted by molar-refractivity contribution is 0.0600. The van der Waals surface area contributed by atoms with Crippen LogP contribution in [-0.4, -0.2) is 25.2 Å². The number of amides is 1. The third-order valence-electron chi connectivity index (χ3n) is 3.16. The van der Waals surface area contributed by atoms with Gasteiger partial charge in [-0.05, 0) is 42.2 Å². The predicted octanol–water partition coefficient (Wildman–Crippen LogP) is 4.24. The van der Waals surface area contributed by atoms with Gasteiger partial charge in [0.25, 0.3) is 5.91 Å². The van der Waals surface area contributed by atoms with Crippen molar-refractivity contribution in [1.29, 1.82) is 0 Å². The number of carbonyl (C=O) groups is 2. The van der Waals surface area contributed by atoms with Gasteiger partial charge in [0.2, 0.25) is 0 Å². The third-order valence-corrected chi connectivity index (χ3v) is 4.11. The highest BCUT2D eigenvalue weighted by atomic mass is 35.5. The van der Waals surface area contributed by atoms with E-state index in [2.05, 4.69) is 10.1 Å². The van der Waals surface area contributed by atoms with Gasteiger partial charge in [-0.2, -0.15) is 11.8 Å². The summed E-state index contributed by atoms with van der Waals surface area (Å²) < 4.78 is 4.66. The van der Waals surface area contributed by atoms with Crippen molar-refractivity contribution in [1.82, 2.24) is 0 Å². The Kier molecular flexibility index (Phi) is 6.07. The van der Waals surface area contributed by atoms with Crippen molar-refractivity contribution in [3.8, 4) is 0 Å². The number of thioether (sulfide) groups is 1. The zero-order chi connectivity index (χ0) is 16.8. The number of esters is 1. The van der Waals surface area contributed by atoms with Gasteiger partial charge in [-0.15, -0.1) is 0 Å². The summed E-state index contributed by atoms with van der Waals surface area (Å²) in [5.41, 5.74) is 2.37. The van der Waals surface area contributed by atoms with Gasteiger partial charge in [-0.3, -0.25) is 4.79 Å². The minimum atomic E-state index is -0.487. The van der Waals surface area contributed by atoms with Crippen LogP contribution in [0, 0.1) is 0 Å². The van der Waals surface area contributed by atoms with Crippen molar-refractivity contribution >= 4 is 40.9 Å². The predicted molar refractivity (Wildman–Crippen MR) is 94.4 cm³/mol. The van der Waals surface area contributed by atoms with Crippen LogP contribution in [0.2, 0.25) is 5.02 Å². The average molecular weight is 350 g/mol. The number of hydrogen-bond donors (Lipinski definition) is 1. The summed E-state index contributed by atoms with van der Waals surface area (Å²) in [6, 6.07) is 11.9. The Labute approximate surface area is 144 Å². The molecule has 0 aliphatic rings. The molecule has 0 bridgehead atoms. The molecule has 120 valence electrons. The van der Waals surface area contributed by atoms with E-state index >= 15 is 0 Å². The molecule has 0 saturated carbocycles. The van der Waals surface area contributed by atoms with Crippen molar-refractivity contribution < 1.29 is 14.3 Å². The Morgan fingerprint density at radius 1 is 1.13 bits per heavy atom. The Hall–Kier alpha value is -1.98. The molecule has 0 aromatic heterocycles. The van der Waals surface area contributed by atoms with Gasteiger partial charge in [0.05, 0.1) is 23.4 Å². The van der Waals surface area contributed by atoms with Crippen LogP contribution in [0.4, 0.5) is 5.69 Å². The maximum atomic E-state index is 12.3. The van der Waals surface area contributed by atoms with Crippen molar-refractivity contribution in [3.63, 3.8) is 0 Å². The molecule has 0 heterocycles. The molecule has 2 rings (SSSR count). The van der Waals surface area contributed by atoms with E-state index in [4.69, 9.17) is 11.6 Å². The Bertz CT molecular complexity index is 716. The number of rotatable bonds is 5. The van der Waals surface area contributed by atoms with Crippen LogP contribution < -0.4 is 5.32 Å². The molecular weight excluding hydrogens is 334 g/mol. The maximum Gasteiger partial charge on any atom is 0.337 e. The fourth-order valence-electron chi connectivity index (χ4n) is 1.98. The molecule has 0 aliphatic heterocycles. The van der Waals surface area contributed by atoms with Crippen LogP contribution in [0.3, 0.4) is 0 Å². The molecule has 1 N–H and O–H groups in total. The highest BCUT2D eigenvalue weighted by molar-refractivity contribution is 7.97. The largest absolute Gasteiger partial charge is 0.465 e. The van der Waals surface area contributed by atoms with Crippen LogP contribution in [0.25, 0.3) is 0 Å². The number of halogens is 1. The molecule has 4 nitrogen and oxygen atoms in total. The number of ether oxygens (including phenoxy) is 1. The van der Waals surface area contributed by atoms with E-state index < -0.39 is 5.97 Å². The second-order valence-electron chi connectivity index (χ2n) is 4.77. The summed E-state index contributed by atoms with van der Waals surface area (Å²) in [6.45, 7) is 0. The lowest BCUT2D eigenvalue weighted by Crippen LogP contribution is -2.13. The SMILES string of the molecule is COC(=O)c1ccc(Cl)c(NC(=O)c2ccc(CSC)cc2)c1. The van der Waals surface area contributed by atoms with E-state index in [1.165, 1.54) is 13.2 Å². The summed E-state index contributed by atoms with van der Waals surface area (Å²) >= 11 is 7.79. The summed E-state index contributed by atoms with van der Waals surface area (Å²) in [4.78, 5) is 23.8. The van der Waals surface area contributed by atoms with Crippen LogP contribution in [-0.2, 0) is 10.5 Å². The Morgan fingerprint density at radius 2 is 1.78 bits per heavy atom. The molecule has 0 spiro atoms. The van der Waals surface area contributed by atoms with Gasteiger partial charge >= 0.3 is 5.97 Å². The normalized spacial score (nSPS) is 10.2. The molecule has 2 aromatic carbocycles. The molecule has 2 aromatic rings. The first-order valence-electron chi connectivity index (χ1n) is 6.82. The molecule has 0 atom stereocenters. The highest BCUT2D eigenvalue weighted by Gasteiger charge is 2.12. The Balaban J connectivity index is 2.17. The number of anilines is 1. The lowest BCUT2D eigenvalue weighted by atomic mass is 10.1. The van der Waals surface area contributed by atoms with E-state index in [-0.39, 0.29) is 5.91 Å². The molecule has 23 heavy (non-hydrogen) atoms. The molecular formula is C17H16ClNO3S. The summed E-state index contributed by atoms with van der Waals surface area (Å²) in [5.74, 6) is 0.123. The van der Waals surface area contributed by atoms with E-state index in [0.717, 1.165) is 11.3 Å². The van der Waals surface area contributed by atoms with Gasteiger partial charge in [0.15, 0.2) is 0 Å². The van der Waals surface area contributed by atoms with Crippen molar-refractivity contribution in [2.24, 2.45) is 0 Å². The van der Waals surface area contributed by atoms with Gasteiger partial charge in [0, 0.05) is 11.3 Å². The topological polar surface area (TPSA) is 55.4 Å². The van der Waals surface area contributed by atoms with Crippen LogP contribution in [0.15, 0.2) is 42.5 Å². The number of methoxy groups -OCH3 is 1. The first kappa shape index (κ1) is 17.4. The maximum absolute atomic E-state index is 12.3. The van der Waals surface area contributed by atoms with Gasteiger partial charge < -0.3 is 10.1 Å². The molecule has 0 fully saturated rings. The fourth-order valence-corrected chi connectivity index (χ4v) is 2.67. The first-order chi connectivity index (χ1) is 11.0. The number of hydrogen-bond acceptors (Lipinski definition) is 4. The van der Waals surface area contributed by atoms with Crippen LogP contribution in [0.1, 0.15) is 26.3 Å². The van der Waals surface area contributed by atoms with Crippen molar-refractivity contribution in [3.05, 3.63) is 64.2 Å². The first-order valence-corrected chi connectivity index (χ1v) is 8.59. The van der Waals surface area contributed by atoms with Crippen molar-refractivity contribution in [2.45, 2.75) is 5.75 Å². The molecule has 6 heteroatoms. The van der Waals surface area contributed by atoms with Gasteiger partial charge in [0.1, 0.15) is 0 Å². The second-order valence-corrected chi connectivity index (χ2v) is 6.04.